The molecule has 2 aromatic carbocycles. The third-order valence-corrected chi connectivity index (χ3v) is 7.72. The summed E-state index contributed by atoms with van der Waals surface area (Å²) < 4.78 is 57.7. The second kappa shape index (κ2) is 9.88. The molecule has 1 aliphatic carbocycles. The van der Waals surface area contributed by atoms with Crippen molar-refractivity contribution in [1.82, 2.24) is 14.4 Å². The SMILES string of the molecule is COc1ccc(-c2noc(CN(C3CCCCC3)S(=O)(=O)c3ccc(F)cc3)n2)cc1OC. The number of ether oxygens (including phenoxy) is 2. The molecule has 0 spiro atoms. The molecule has 176 valence electrons. The van der Waals surface area contributed by atoms with Gasteiger partial charge in [-0.2, -0.15) is 9.29 Å². The van der Waals surface area contributed by atoms with Crippen molar-refractivity contribution in [2.24, 2.45) is 0 Å². The maximum Gasteiger partial charge on any atom is 0.243 e. The van der Waals surface area contributed by atoms with Crippen molar-refractivity contribution in [3.63, 3.8) is 0 Å². The van der Waals surface area contributed by atoms with Gasteiger partial charge in [0.15, 0.2) is 11.5 Å². The Balaban J connectivity index is 1.63. The number of halogens is 1. The monoisotopic (exact) mass is 475 g/mol. The molecular formula is C23H26FN3O5S. The molecule has 1 aromatic heterocycles. The van der Waals surface area contributed by atoms with Crippen LogP contribution in [0.5, 0.6) is 11.5 Å². The predicted molar refractivity (Wildman–Crippen MR) is 119 cm³/mol. The zero-order chi connectivity index (χ0) is 23.4. The molecule has 1 heterocycles. The summed E-state index contributed by atoms with van der Waals surface area (Å²) in [4.78, 5) is 4.46. The Kier molecular flexibility index (Phi) is 6.94. The predicted octanol–water partition coefficient (Wildman–Crippen LogP) is 4.42. The summed E-state index contributed by atoms with van der Waals surface area (Å²) in [6, 6.07) is 9.89. The van der Waals surface area contributed by atoms with Crippen LogP contribution in [-0.4, -0.2) is 43.1 Å². The molecule has 1 fully saturated rings. The molecule has 3 aromatic rings. The number of hydrogen-bond donors (Lipinski definition) is 0. The van der Waals surface area contributed by atoms with E-state index >= 15 is 0 Å². The Labute approximate surface area is 192 Å². The second-order valence-corrected chi connectivity index (χ2v) is 9.77. The van der Waals surface area contributed by atoms with E-state index in [0.717, 1.165) is 44.2 Å². The normalized spacial score (nSPS) is 15.0. The quantitative estimate of drug-likeness (QED) is 0.476. The van der Waals surface area contributed by atoms with Gasteiger partial charge in [-0.15, -0.1) is 0 Å². The van der Waals surface area contributed by atoms with E-state index in [1.807, 2.05) is 0 Å². The number of rotatable bonds is 8. The highest BCUT2D eigenvalue weighted by Crippen LogP contribution is 2.32. The Bertz CT molecular complexity index is 1190. The smallest absolute Gasteiger partial charge is 0.243 e. The molecule has 0 unspecified atom stereocenters. The average Bonchev–Trinajstić information content (AvgIpc) is 3.31. The van der Waals surface area contributed by atoms with Gasteiger partial charge in [-0.1, -0.05) is 24.4 Å². The Morgan fingerprint density at radius 1 is 1.03 bits per heavy atom. The summed E-state index contributed by atoms with van der Waals surface area (Å²) in [6.07, 6.45) is 4.46. The van der Waals surface area contributed by atoms with E-state index in [9.17, 15) is 12.8 Å². The van der Waals surface area contributed by atoms with E-state index in [4.69, 9.17) is 14.0 Å². The van der Waals surface area contributed by atoms with Gasteiger partial charge < -0.3 is 14.0 Å². The van der Waals surface area contributed by atoms with Crippen molar-refractivity contribution in [2.45, 2.75) is 49.6 Å². The minimum Gasteiger partial charge on any atom is -0.493 e. The van der Waals surface area contributed by atoms with Gasteiger partial charge in [0.05, 0.1) is 25.7 Å². The fourth-order valence-electron chi connectivity index (χ4n) is 4.07. The molecule has 0 saturated heterocycles. The first kappa shape index (κ1) is 23.2. The zero-order valence-corrected chi connectivity index (χ0v) is 19.3. The van der Waals surface area contributed by atoms with Crippen LogP contribution in [0.1, 0.15) is 38.0 Å². The van der Waals surface area contributed by atoms with Gasteiger partial charge in [-0.3, -0.25) is 0 Å². The lowest BCUT2D eigenvalue weighted by molar-refractivity contribution is 0.223. The maximum atomic E-state index is 13.5. The molecule has 0 radical (unpaired) electrons. The summed E-state index contributed by atoms with van der Waals surface area (Å²) in [5, 5.41) is 4.03. The highest BCUT2D eigenvalue weighted by atomic mass is 32.2. The summed E-state index contributed by atoms with van der Waals surface area (Å²) in [6.45, 7) is -0.0648. The van der Waals surface area contributed by atoms with Crippen LogP contribution in [0.3, 0.4) is 0 Å². The van der Waals surface area contributed by atoms with Crippen molar-refractivity contribution >= 4 is 10.0 Å². The van der Waals surface area contributed by atoms with Crippen LogP contribution in [0.25, 0.3) is 11.4 Å². The largest absolute Gasteiger partial charge is 0.493 e. The van der Waals surface area contributed by atoms with Gasteiger partial charge in [-0.25, -0.2) is 12.8 Å². The van der Waals surface area contributed by atoms with Crippen LogP contribution >= 0.6 is 0 Å². The number of sulfonamides is 1. The third-order valence-electron chi connectivity index (χ3n) is 5.80. The molecule has 10 heteroatoms. The Morgan fingerprint density at radius 3 is 2.39 bits per heavy atom. The molecule has 8 nitrogen and oxygen atoms in total. The van der Waals surface area contributed by atoms with E-state index in [2.05, 4.69) is 10.1 Å². The topological polar surface area (TPSA) is 94.8 Å². The van der Waals surface area contributed by atoms with Crippen LogP contribution < -0.4 is 9.47 Å². The van der Waals surface area contributed by atoms with Gasteiger partial charge in [-0.05, 0) is 55.3 Å². The summed E-state index contributed by atoms with van der Waals surface area (Å²) in [5.41, 5.74) is 0.647. The first-order valence-corrected chi connectivity index (χ1v) is 12.2. The van der Waals surface area contributed by atoms with Crippen molar-refractivity contribution < 1.29 is 26.8 Å². The first-order valence-electron chi connectivity index (χ1n) is 10.7. The molecule has 0 bridgehead atoms. The molecule has 0 amide bonds. The molecule has 0 aliphatic heterocycles. The standard InChI is InChI=1S/C23H26FN3O5S/c1-30-20-13-8-16(14-21(20)31-2)23-25-22(32-26-23)15-27(18-6-4-3-5-7-18)33(28,29)19-11-9-17(24)10-12-19/h8-14,18H,3-7,15H2,1-2H3. The molecular weight excluding hydrogens is 449 g/mol. The van der Waals surface area contributed by atoms with Gasteiger partial charge in [0.25, 0.3) is 0 Å². The number of nitrogens with zero attached hydrogens (tertiary/aromatic N) is 3. The van der Waals surface area contributed by atoms with Crippen molar-refractivity contribution in [2.75, 3.05) is 14.2 Å². The summed E-state index contributed by atoms with van der Waals surface area (Å²) >= 11 is 0. The van der Waals surface area contributed by atoms with E-state index < -0.39 is 15.8 Å². The van der Waals surface area contributed by atoms with E-state index in [0.29, 0.717) is 22.9 Å². The highest BCUT2D eigenvalue weighted by molar-refractivity contribution is 7.89. The number of benzene rings is 2. The van der Waals surface area contributed by atoms with Gasteiger partial charge in [0.1, 0.15) is 5.82 Å². The van der Waals surface area contributed by atoms with Gasteiger partial charge in [0, 0.05) is 11.6 Å². The molecule has 0 atom stereocenters. The third kappa shape index (κ3) is 5.01. The minimum atomic E-state index is -3.89. The molecule has 1 saturated carbocycles. The fraction of sp³-hybridized carbons (Fsp3) is 0.391. The Morgan fingerprint density at radius 2 is 1.73 bits per heavy atom. The summed E-state index contributed by atoms with van der Waals surface area (Å²) in [5.74, 6) is 1.09. The second-order valence-electron chi connectivity index (χ2n) is 7.88. The van der Waals surface area contributed by atoms with Gasteiger partial charge >= 0.3 is 0 Å². The highest BCUT2D eigenvalue weighted by Gasteiger charge is 2.34. The van der Waals surface area contributed by atoms with E-state index in [1.54, 1.807) is 25.3 Å². The molecule has 1 aliphatic rings. The minimum absolute atomic E-state index is 0.0362. The average molecular weight is 476 g/mol. The van der Waals surface area contributed by atoms with Crippen LogP contribution in [0.2, 0.25) is 0 Å². The number of hydrogen-bond acceptors (Lipinski definition) is 7. The van der Waals surface area contributed by atoms with Gasteiger partial charge in [0.2, 0.25) is 21.7 Å². The first-order chi connectivity index (χ1) is 15.9. The maximum absolute atomic E-state index is 13.5. The van der Waals surface area contributed by atoms with Crippen LogP contribution in [0.15, 0.2) is 51.9 Å². The van der Waals surface area contributed by atoms with E-state index in [1.165, 1.54) is 23.5 Å². The zero-order valence-electron chi connectivity index (χ0n) is 18.5. The van der Waals surface area contributed by atoms with Crippen LogP contribution in [-0.2, 0) is 16.6 Å². The molecule has 4 rings (SSSR count). The van der Waals surface area contributed by atoms with Crippen LogP contribution in [0.4, 0.5) is 4.39 Å². The van der Waals surface area contributed by atoms with Crippen LogP contribution in [0, 0.1) is 5.82 Å². The molecule has 0 N–H and O–H groups in total. The van der Waals surface area contributed by atoms with Crippen molar-refractivity contribution in [1.29, 1.82) is 0 Å². The lowest BCUT2D eigenvalue weighted by Gasteiger charge is -2.32. The fourth-order valence-corrected chi connectivity index (χ4v) is 5.70. The van der Waals surface area contributed by atoms with Crippen molar-refractivity contribution in [3.8, 4) is 22.9 Å². The Hall–Kier alpha value is -2.98. The lowest BCUT2D eigenvalue weighted by atomic mass is 9.95. The number of aromatic nitrogens is 2. The van der Waals surface area contributed by atoms with E-state index in [-0.39, 0.29) is 23.4 Å². The summed E-state index contributed by atoms with van der Waals surface area (Å²) in [7, 11) is -0.808. The van der Waals surface area contributed by atoms with Crippen molar-refractivity contribution in [3.05, 3.63) is 54.2 Å². The number of methoxy groups -OCH3 is 2. The molecule has 33 heavy (non-hydrogen) atoms. The lowest BCUT2D eigenvalue weighted by Crippen LogP contribution is -2.41.